The molecule has 0 bridgehead atoms. The van der Waals surface area contributed by atoms with Gasteiger partial charge in [-0.15, -0.1) is 9.97 Å². The first-order chi connectivity index (χ1) is 14.6. The molecule has 0 radical (unpaired) electrons. The first kappa shape index (κ1) is 19.9. The quantitative estimate of drug-likeness (QED) is 0.656. The van der Waals surface area contributed by atoms with Crippen molar-refractivity contribution >= 4 is 17.8 Å². The monoisotopic (exact) mass is 406 g/mol. The molecule has 0 saturated carbocycles. The fraction of sp³-hybridized carbons (Fsp3) is 0.273. The minimum absolute atomic E-state index is 0.163. The molecule has 0 spiro atoms. The Bertz CT molecular complexity index is 1040. The minimum atomic E-state index is -0.293. The normalized spacial score (nSPS) is 15.4. The van der Waals surface area contributed by atoms with Gasteiger partial charge in [0.25, 0.3) is 5.91 Å². The number of nitrogens with zero attached hydrogens (tertiary/aromatic N) is 4. The Morgan fingerprint density at radius 1 is 1.00 bits per heavy atom. The number of carbonyl (C=O) groups is 1. The molecular formula is C22H24N5O3+. The summed E-state index contributed by atoms with van der Waals surface area (Å²) in [6.45, 7) is 2.71. The van der Waals surface area contributed by atoms with E-state index < -0.39 is 0 Å². The van der Waals surface area contributed by atoms with Crippen LogP contribution >= 0.6 is 0 Å². The van der Waals surface area contributed by atoms with Crippen molar-refractivity contribution < 1.29 is 14.3 Å². The predicted octanol–water partition coefficient (Wildman–Crippen LogP) is 2.77. The molecule has 1 aromatic heterocycles. The highest BCUT2D eigenvalue weighted by Gasteiger charge is 2.33. The van der Waals surface area contributed by atoms with Gasteiger partial charge < -0.3 is 9.47 Å². The molecule has 1 N–H and O–H groups in total. The van der Waals surface area contributed by atoms with Gasteiger partial charge in [0, 0.05) is 5.56 Å². The third kappa shape index (κ3) is 4.14. The van der Waals surface area contributed by atoms with E-state index in [-0.39, 0.29) is 17.9 Å². The van der Waals surface area contributed by atoms with Crippen LogP contribution in [0, 0.1) is 0 Å². The lowest BCUT2D eigenvalue weighted by atomic mass is 9.99. The summed E-state index contributed by atoms with van der Waals surface area (Å²) in [7, 11) is 3.53. The number of hydrogen-bond acceptors (Lipinski definition) is 6. The average molecular weight is 406 g/mol. The summed E-state index contributed by atoms with van der Waals surface area (Å²) in [5.41, 5.74) is 2.34. The molecule has 2 heterocycles. The highest BCUT2D eigenvalue weighted by molar-refractivity contribution is 6.08. The maximum atomic E-state index is 13.1. The first-order valence-electron chi connectivity index (χ1n) is 9.78. The molecule has 1 aliphatic heterocycles. The molecule has 8 heteroatoms. The number of hydrogen-bond donors (Lipinski definition) is 1. The van der Waals surface area contributed by atoms with E-state index in [2.05, 4.69) is 20.3 Å². The van der Waals surface area contributed by atoms with Crippen LogP contribution in [-0.2, 0) is 4.74 Å². The van der Waals surface area contributed by atoms with Crippen molar-refractivity contribution in [2.45, 2.75) is 0 Å². The minimum Gasteiger partial charge on any atom is -0.467 e. The van der Waals surface area contributed by atoms with Crippen LogP contribution in [0.25, 0.3) is 11.1 Å². The van der Waals surface area contributed by atoms with Crippen LogP contribution in [-0.4, -0.2) is 61.3 Å². The van der Waals surface area contributed by atoms with Crippen molar-refractivity contribution in [1.29, 1.82) is 0 Å². The molecule has 8 nitrogen and oxygen atoms in total. The van der Waals surface area contributed by atoms with Gasteiger partial charge in [-0.1, -0.05) is 48.5 Å². The Balaban J connectivity index is 1.65. The molecule has 4 rings (SSSR count). The second-order valence-electron chi connectivity index (χ2n) is 7.27. The molecule has 1 saturated heterocycles. The van der Waals surface area contributed by atoms with Crippen molar-refractivity contribution in [3.8, 4) is 17.1 Å². The number of methoxy groups -OCH3 is 1. The molecule has 1 aliphatic rings. The number of rotatable bonds is 5. The number of amides is 1. The number of nitrogens with one attached hydrogen (secondary N) is 1. The summed E-state index contributed by atoms with van der Waals surface area (Å²) in [5.74, 6) is 0.408. The van der Waals surface area contributed by atoms with E-state index in [1.54, 1.807) is 6.07 Å². The van der Waals surface area contributed by atoms with E-state index in [1.165, 1.54) is 7.11 Å². The van der Waals surface area contributed by atoms with Crippen LogP contribution in [0.15, 0.2) is 54.6 Å². The smallest absolute Gasteiger partial charge is 0.336 e. The van der Waals surface area contributed by atoms with Gasteiger partial charge in [-0.2, -0.15) is 4.98 Å². The maximum Gasteiger partial charge on any atom is 0.336 e. The zero-order valence-corrected chi connectivity index (χ0v) is 17.0. The van der Waals surface area contributed by atoms with Crippen LogP contribution in [0.1, 0.15) is 10.4 Å². The lowest BCUT2D eigenvalue weighted by Gasteiger charge is -2.34. The third-order valence-corrected chi connectivity index (χ3v) is 5.21. The molecule has 2 aromatic carbocycles. The molecule has 1 fully saturated rings. The van der Waals surface area contributed by atoms with Crippen molar-refractivity contribution in [1.82, 2.24) is 19.4 Å². The van der Waals surface area contributed by atoms with E-state index in [4.69, 9.17) is 9.47 Å². The van der Waals surface area contributed by atoms with Crippen LogP contribution < -0.4 is 14.5 Å². The van der Waals surface area contributed by atoms with Gasteiger partial charge >= 0.3 is 12.0 Å². The number of carbonyl (C=O) groups excluding carboxylic acids is 1. The molecule has 3 aromatic rings. The molecule has 0 atom stereocenters. The zero-order valence-electron chi connectivity index (χ0n) is 17.0. The fourth-order valence-electron chi connectivity index (χ4n) is 3.40. The van der Waals surface area contributed by atoms with E-state index >= 15 is 0 Å². The van der Waals surface area contributed by atoms with Crippen LogP contribution in [0.4, 0.5) is 11.9 Å². The van der Waals surface area contributed by atoms with Crippen molar-refractivity contribution in [2.75, 3.05) is 45.8 Å². The van der Waals surface area contributed by atoms with Crippen LogP contribution in [0.3, 0.4) is 0 Å². The Morgan fingerprint density at radius 3 is 2.43 bits per heavy atom. The predicted molar refractivity (Wildman–Crippen MR) is 114 cm³/mol. The van der Waals surface area contributed by atoms with Crippen molar-refractivity contribution in [3.63, 3.8) is 0 Å². The summed E-state index contributed by atoms with van der Waals surface area (Å²) in [6.07, 6.45) is 0. The SMILES string of the molecule is COc1nc(NC(=O)c2ccccc2-c2ccccc2)nc([N+]2(C)CCOCC2)n1. The van der Waals surface area contributed by atoms with Gasteiger partial charge in [0.15, 0.2) is 0 Å². The fourth-order valence-corrected chi connectivity index (χ4v) is 3.40. The van der Waals surface area contributed by atoms with Crippen LogP contribution in [0.2, 0.25) is 0 Å². The number of aromatic nitrogens is 3. The number of quaternary nitrogens is 1. The van der Waals surface area contributed by atoms with Gasteiger partial charge in [0.1, 0.15) is 13.1 Å². The van der Waals surface area contributed by atoms with Gasteiger partial charge in [-0.25, -0.2) is 0 Å². The Morgan fingerprint density at radius 2 is 1.70 bits per heavy atom. The number of ether oxygens (including phenoxy) is 2. The highest BCUT2D eigenvalue weighted by Crippen LogP contribution is 2.25. The summed E-state index contributed by atoms with van der Waals surface area (Å²) >= 11 is 0. The molecule has 30 heavy (non-hydrogen) atoms. The topological polar surface area (TPSA) is 86.2 Å². The average Bonchev–Trinajstić information content (AvgIpc) is 2.80. The van der Waals surface area contributed by atoms with E-state index in [1.807, 2.05) is 55.6 Å². The molecular weight excluding hydrogens is 382 g/mol. The summed E-state index contributed by atoms with van der Waals surface area (Å²) in [4.78, 5) is 26.3. The number of benzene rings is 2. The summed E-state index contributed by atoms with van der Waals surface area (Å²) in [6, 6.07) is 17.4. The number of anilines is 1. The van der Waals surface area contributed by atoms with Crippen LogP contribution in [0.5, 0.6) is 6.01 Å². The number of likely N-dealkylation sites (N-methyl/N-ethyl adjacent to an activating group) is 1. The molecule has 1 amide bonds. The standard InChI is InChI=1S/C22H23N5O3/c1-27(12-14-30-15-13-27)21-24-20(25-22(26-21)29-2)23-19(28)18-11-7-6-10-17(18)16-8-4-3-5-9-16/h3-11H,12-15H2,1-2H3/p+1. The number of morpholine rings is 1. The lowest BCUT2D eigenvalue weighted by Crippen LogP contribution is -2.54. The molecule has 154 valence electrons. The lowest BCUT2D eigenvalue weighted by molar-refractivity contribution is 0.0493. The summed E-state index contributed by atoms with van der Waals surface area (Å²) in [5, 5.41) is 2.82. The molecule has 0 unspecified atom stereocenters. The van der Waals surface area contributed by atoms with E-state index in [0.29, 0.717) is 29.2 Å². The Kier molecular flexibility index (Phi) is 5.69. The van der Waals surface area contributed by atoms with E-state index in [9.17, 15) is 4.79 Å². The molecule has 0 aliphatic carbocycles. The van der Waals surface area contributed by atoms with Crippen molar-refractivity contribution in [2.24, 2.45) is 0 Å². The van der Waals surface area contributed by atoms with E-state index in [0.717, 1.165) is 24.2 Å². The maximum absolute atomic E-state index is 13.1. The second kappa shape index (κ2) is 8.56. The van der Waals surface area contributed by atoms with Gasteiger partial charge in [0.05, 0.1) is 27.4 Å². The van der Waals surface area contributed by atoms with Crippen molar-refractivity contribution in [3.05, 3.63) is 60.2 Å². The highest BCUT2D eigenvalue weighted by atomic mass is 16.5. The van der Waals surface area contributed by atoms with Gasteiger partial charge in [0.2, 0.25) is 5.95 Å². The Hall–Kier alpha value is -3.36. The summed E-state index contributed by atoms with van der Waals surface area (Å²) < 4.78 is 11.2. The Labute approximate surface area is 175 Å². The first-order valence-corrected chi connectivity index (χ1v) is 9.78. The second-order valence-corrected chi connectivity index (χ2v) is 7.27. The van der Waals surface area contributed by atoms with Gasteiger partial charge in [-0.3, -0.25) is 14.6 Å². The third-order valence-electron chi connectivity index (χ3n) is 5.21. The zero-order chi connectivity index (χ0) is 21.0. The largest absolute Gasteiger partial charge is 0.467 e. The van der Waals surface area contributed by atoms with Gasteiger partial charge in [-0.05, 0) is 17.2 Å².